The van der Waals surface area contributed by atoms with Crippen LogP contribution >= 0.6 is 11.6 Å². The van der Waals surface area contributed by atoms with Gasteiger partial charge >= 0.3 is 6.18 Å². The number of nitrogens with one attached hydrogen (secondary N) is 1. The van der Waals surface area contributed by atoms with Gasteiger partial charge < -0.3 is 19.7 Å². The Morgan fingerprint density at radius 1 is 1.11 bits per heavy atom. The second kappa shape index (κ2) is 13.1. The Hall–Kier alpha value is -3.82. The molecule has 2 atom stereocenters. The van der Waals surface area contributed by atoms with Gasteiger partial charge in [0.2, 0.25) is 5.95 Å². The Balaban J connectivity index is 1.12. The van der Waals surface area contributed by atoms with Crippen molar-refractivity contribution in [2.24, 2.45) is 0 Å². The maximum atomic E-state index is 14.1. The van der Waals surface area contributed by atoms with Crippen LogP contribution in [0.15, 0.2) is 43.1 Å². The van der Waals surface area contributed by atoms with Gasteiger partial charge in [-0.15, -0.1) is 5.10 Å². The Kier molecular flexibility index (Phi) is 9.17. The summed E-state index contributed by atoms with van der Waals surface area (Å²) in [4.78, 5) is 11.0. The van der Waals surface area contributed by atoms with Gasteiger partial charge in [-0.1, -0.05) is 17.7 Å². The molecule has 46 heavy (non-hydrogen) atoms. The predicted molar refractivity (Wildman–Crippen MR) is 164 cm³/mol. The number of halogens is 4. The van der Waals surface area contributed by atoms with Gasteiger partial charge in [-0.2, -0.15) is 18.3 Å². The summed E-state index contributed by atoms with van der Waals surface area (Å²) in [6.45, 7) is 8.82. The molecule has 5 heterocycles. The molecule has 12 nitrogen and oxygen atoms in total. The molecule has 0 aliphatic carbocycles. The Labute approximate surface area is 269 Å². The second-order valence-corrected chi connectivity index (χ2v) is 12.8. The first kappa shape index (κ1) is 32.1. The van der Waals surface area contributed by atoms with E-state index in [-0.39, 0.29) is 29.4 Å². The van der Waals surface area contributed by atoms with E-state index in [1.807, 2.05) is 6.92 Å². The van der Waals surface area contributed by atoms with Gasteiger partial charge in [-0.05, 0) is 74.6 Å². The number of hydrogen-bond donors (Lipinski definition) is 1. The van der Waals surface area contributed by atoms with Crippen molar-refractivity contribution in [1.29, 1.82) is 0 Å². The molecule has 0 amide bonds. The molecule has 2 aliphatic heterocycles. The molecule has 2 saturated heterocycles. The van der Waals surface area contributed by atoms with Crippen LogP contribution in [0.5, 0.6) is 5.75 Å². The van der Waals surface area contributed by atoms with E-state index in [9.17, 15) is 13.2 Å². The van der Waals surface area contributed by atoms with Gasteiger partial charge in [-0.3, -0.25) is 4.68 Å². The van der Waals surface area contributed by atoms with Gasteiger partial charge in [0.05, 0.1) is 28.9 Å². The van der Waals surface area contributed by atoms with Gasteiger partial charge in [0.25, 0.3) is 0 Å². The van der Waals surface area contributed by atoms with Gasteiger partial charge in [0.1, 0.15) is 18.2 Å². The maximum absolute atomic E-state index is 14.1. The molecule has 16 heteroatoms. The minimum Gasteiger partial charge on any atom is -0.487 e. The first-order chi connectivity index (χ1) is 21.9. The average molecular weight is 661 g/mol. The standard InChI is InChI=1S/C30H36ClF3N10O2/c1-19(16-43-18-37-40-41-43)46-26-12-20(4-5-24(26)31)21-14-35-28(36-15-21)38-25-17-44(39-27(25)30(32,33)34)22-6-9-42(10-7-22)23-8-11-45-29(2,3)13-23/h4-5,12,14-15,17-19,22-23H,6-11,13,16H2,1-3H3,(H,35,36,38)/t19-,23?/m0/s1. The summed E-state index contributed by atoms with van der Waals surface area (Å²) in [5.74, 6) is 0.470. The fourth-order valence-corrected chi connectivity index (χ4v) is 6.29. The molecule has 246 valence electrons. The van der Waals surface area contributed by atoms with Crippen molar-refractivity contribution in [3.05, 3.63) is 53.8 Å². The second-order valence-electron chi connectivity index (χ2n) is 12.4. The summed E-state index contributed by atoms with van der Waals surface area (Å²) < 4.78 is 57.0. The molecule has 1 aromatic carbocycles. The smallest absolute Gasteiger partial charge is 0.437 e. The zero-order chi connectivity index (χ0) is 32.5. The van der Waals surface area contributed by atoms with Crippen molar-refractivity contribution < 1.29 is 22.6 Å². The number of likely N-dealkylation sites (tertiary alicyclic amines) is 1. The molecule has 0 radical (unpaired) electrons. The van der Waals surface area contributed by atoms with Gasteiger partial charge in [0, 0.05) is 49.9 Å². The average Bonchev–Trinajstić information content (AvgIpc) is 3.69. The van der Waals surface area contributed by atoms with Crippen molar-refractivity contribution in [2.75, 3.05) is 25.0 Å². The number of hydrogen-bond acceptors (Lipinski definition) is 10. The Morgan fingerprint density at radius 2 is 1.87 bits per heavy atom. The van der Waals surface area contributed by atoms with Crippen LogP contribution in [0.3, 0.4) is 0 Å². The van der Waals surface area contributed by atoms with Gasteiger partial charge in [0.15, 0.2) is 5.69 Å². The predicted octanol–water partition coefficient (Wildman–Crippen LogP) is 5.80. The monoisotopic (exact) mass is 660 g/mol. The highest BCUT2D eigenvalue weighted by Gasteiger charge is 2.39. The van der Waals surface area contributed by atoms with Crippen molar-refractivity contribution in [3.8, 4) is 16.9 Å². The molecule has 4 aromatic rings. The number of rotatable bonds is 9. The summed E-state index contributed by atoms with van der Waals surface area (Å²) in [6, 6.07) is 5.52. The normalized spacial score (nSPS) is 20.0. The van der Waals surface area contributed by atoms with E-state index in [0.717, 1.165) is 38.1 Å². The molecule has 2 fully saturated rings. The number of alkyl halides is 3. The lowest BCUT2D eigenvalue weighted by Gasteiger charge is -2.43. The lowest BCUT2D eigenvalue weighted by Crippen LogP contribution is -2.48. The molecule has 2 aliphatic rings. The maximum Gasteiger partial charge on any atom is 0.437 e. The number of tetrazole rings is 1. The van der Waals surface area contributed by atoms with E-state index < -0.39 is 11.9 Å². The first-order valence-corrected chi connectivity index (χ1v) is 15.6. The fourth-order valence-electron chi connectivity index (χ4n) is 6.12. The van der Waals surface area contributed by atoms with Crippen LogP contribution in [0.25, 0.3) is 11.1 Å². The lowest BCUT2D eigenvalue weighted by molar-refractivity contribution is -0.141. The fraction of sp³-hybridized carbons (Fsp3) is 0.533. The Bertz CT molecular complexity index is 1610. The first-order valence-electron chi connectivity index (χ1n) is 15.2. The van der Waals surface area contributed by atoms with E-state index in [4.69, 9.17) is 21.1 Å². The van der Waals surface area contributed by atoms with Gasteiger partial charge in [-0.25, -0.2) is 14.6 Å². The molecule has 0 bridgehead atoms. The summed E-state index contributed by atoms with van der Waals surface area (Å²) in [5, 5.41) is 18.2. The van der Waals surface area contributed by atoms with Crippen molar-refractivity contribution in [1.82, 2.24) is 44.9 Å². The number of piperidine rings is 1. The van der Waals surface area contributed by atoms with Crippen LogP contribution in [0, 0.1) is 0 Å². The molecule has 3 aromatic heterocycles. The minimum atomic E-state index is -4.65. The third-order valence-corrected chi connectivity index (χ3v) is 8.70. The number of nitrogens with zero attached hydrogens (tertiary/aromatic N) is 9. The molecule has 0 saturated carbocycles. The molecular weight excluding hydrogens is 625 g/mol. The topological polar surface area (TPSA) is 121 Å². The van der Waals surface area contributed by atoms with Crippen molar-refractivity contribution >= 4 is 23.2 Å². The van der Waals surface area contributed by atoms with Crippen LogP contribution in [0.4, 0.5) is 24.8 Å². The number of anilines is 2. The SMILES string of the molecule is C[C@@H](Cn1cnnn1)Oc1cc(-c2cnc(Nc3cn(C4CCN(C5CCOC(C)(C)C5)CC4)nc3C(F)(F)F)nc2)ccc1Cl. The van der Waals surface area contributed by atoms with E-state index in [1.165, 1.54) is 29.6 Å². The van der Waals surface area contributed by atoms with Crippen LogP contribution in [0.1, 0.15) is 58.2 Å². The summed E-state index contributed by atoms with van der Waals surface area (Å²) in [5.41, 5.74) is 0.00985. The zero-order valence-corrected chi connectivity index (χ0v) is 26.5. The molecule has 1 unspecified atom stereocenters. The molecule has 1 N–H and O–H groups in total. The number of benzene rings is 1. The van der Waals surface area contributed by atoms with E-state index in [2.05, 4.69) is 54.7 Å². The molecular formula is C30H36ClF3N10O2. The lowest BCUT2D eigenvalue weighted by atomic mass is 9.91. The van der Waals surface area contributed by atoms with E-state index in [0.29, 0.717) is 41.8 Å². The number of aromatic nitrogens is 8. The highest BCUT2D eigenvalue weighted by molar-refractivity contribution is 6.32. The van der Waals surface area contributed by atoms with E-state index >= 15 is 0 Å². The summed E-state index contributed by atoms with van der Waals surface area (Å²) in [6.07, 6.45) is 4.36. The quantitative estimate of drug-likeness (QED) is 0.236. The minimum absolute atomic E-state index is 0.0197. The third kappa shape index (κ3) is 7.58. The zero-order valence-electron chi connectivity index (χ0n) is 25.8. The summed E-state index contributed by atoms with van der Waals surface area (Å²) >= 11 is 6.37. The van der Waals surface area contributed by atoms with Crippen LogP contribution in [-0.4, -0.2) is 82.3 Å². The van der Waals surface area contributed by atoms with Crippen LogP contribution in [0.2, 0.25) is 5.02 Å². The van der Waals surface area contributed by atoms with E-state index in [1.54, 1.807) is 22.9 Å². The number of ether oxygens (including phenoxy) is 2. The van der Waals surface area contributed by atoms with Crippen molar-refractivity contribution in [3.63, 3.8) is 0 Å². The van der Waals surface area contributed by atoms with Crippen molar-refractivity contribution in [2.45, 2.75) is 83.0 Å². The molecule has 0 spiro atoms. The summed E-state index contributed by atoms with van der Waals surface area (Å²) in [7, 11) is 0. The molecule has 6 rings (SSSR count). The third-order valence-electron chi connectivity index (χ3n) is 8.39. The Morgan fingerprint density at radius 3 is 2.54 bits per heavy atom. The largest absolute Gasteiger partial charge is 0.487 e. The highest BCUT2D eigenvalue weighted by atomic mass is 35.5. The van der Waals surface area contributed by atoms with Crippen LogP contribution < -0.4 is 10.1 Å². The van der Waals surface area contributed by atoms with Crippen LogP contribution in [-0.2, 0) is 17.5 Å². The highest BCUT2D eigenvalue weighted by Crippen LogP contribution is 2.38.